The fourth-order valence-electron chi connectivity index (χ4n) is 2.66. The van der Waals surface area contributed by atoms with E-state index in [0.717, 1.165) is 10.8 Å². The van der Waals surface area contributed by atoms with Gasteiger partial charge in [0.2, 0.25) is 0 Å². The minimum absolute atomic E-state index is 0.245. The molecule has 0 radical (unpaired) electrons. The smallest absolute Gasteiger partial charge is 0.349 e. The molecule has 0 unspecified atom stereocenters. The number of fused-ring (bicyclic) bond motifs is 1. The fraction of sp³-hybridized carbons (Fsp3) is 0.130. The molecule has 6 nitrogen and oxygen atoms in total. The van der Waals surface area contributed by atoms with Crippen molar-refractivity contribution in [1.82, 2.24) is 0 Å². The molecular formula is C23H20O6. The second-order valence-electron chi connectivity index (χ2n) is 6.04. The zero-order chi connectivity index (χ0) is 20.6. The summed E-state index contributed by atoms with van der Waals surface area (Å²) in [4.78, 5) is 23.4. The molecular weight excluding hydrogens is 372 g/mol. The Hall–Kier alpha value is -3.80. The molecule has 0 aliphatic heterocycles. The summed E-state index contributed by atoms with van der Waals surface area (Å²) in [6.07, 6.45) is 2.86. The van der Waals surface area contributed by atoms with Crippen molar-refractivity contribution in [2.75, 3.05) is 20.8 Å². The average molecular weight is 392 g/mol. The molecule has 148 valence electrons. The van der Waals surface area contributed by atoms with Gasteiger partial charge in [0.25, 0.3) is 0 Å². The first-order valence-corrected chi connectivity index (χ1v) is 8.85. The molecule has 0 aliphatic carbocycles. The molecule has 0 N–H and O–H groups in total. The molecule has 0 spiro atoms. The number of hydrogen-bond acceptors (Lipinski definition) is 6. The van der Waals surface area contributed by atoms with E-state index >= 15 is 0 Å². The number of carbonyl (C=O) groups is 2. The maximum absolute atomic E-state index is 12.2. The zero-order valence-corrected chi connectivity index (χ0v) is 16.1. The Morgan fingerprint density at radius 3 is 2.45 bits per heavy atom. The predicted molar refractivity (Wildman–Crippen MR) is 109 cm³/mol. The van der Waals surface area contributed by atoms with E-state index in [4.69, 9.17) is 14.2 Å². The molecule has 0 aliphatic rings. The van der Waals surface area contributed by atoms with E-state index in [1.54, 1.807) is 30.3 Å². The lowest BCUT2D eigenvalue weighted by Gasteiger charge is -2.11. The van der Waals surface area contributed by atoms with E-state index in [2.05, 4.69) is 4.74 Å². The van der Waals surface area contributed by atoms with E-state index < -0.39 is 11.9 Å². The van der Waals surface area contributed by atoms with Gasteiger partial charge in [-0.2, -0.15) is 0 Å². The summed E-state index contributed by atoms with van der Waals surface area (Å²) in [7, 11) is 2.77. The summed E-state index contributed by atoms with van der Waals surface area (Å²) >= 11 is 0. The molecule has 6 heteroatoms. The average Bonchev–Trinajstić information content (AvgIpc) is 2.76. The molecule has 3 aromatic carbocycles. The molecule has 0 atom stereocenters. The molecule has 0 bridgehead atoms. The van der Waals surface area contributed by atoms with Crippen molar-refractivity contribution in [3.8, 4) is 17.2 Å². The van der Waals surface area contributed by atoms with Crippen LogP contribution in [0.25, 0.3) is 16.8 Å². The summed E-state index contributed by atoms with van der Waals surface area (Å²) in [6.45, 7) is -0.245. The largest absolute Gasteiger partial charge is 0.493 e. The van der Waals surface area contributed by atoms with Crippen LogP contribution in [0.15, 0.2) is 66.7 Å². The van der Waals surface area contributed by atoms with Crippen LogP contribution in [-0.2, 0) is 14.3 Å². The molecule has 0 amide bonds. The van der Waals surface area contributed by atoms with Gasteiger partial charge in [-0.05, 0) is 46.7 Å². The number of hydrogen-bond donors (Lipinski definition) is 0. The number of ether oxygens (including phenoxy) is 4. The van der Waals surface area contributed by atoms with Crippen LogP contribution in [0, 0.1) is 0 Å². The van der Waals surface area contributed by atoms with Crippen molar-refractivity contribution in [1.29, 1.82) is 0 Å². The molecule has 3 rings (SSSR count). The van der Waals surface area contributed by atoms with E-state index in [-0.39, 0.29) is 12.4 Å². The second kappa shape index (κ2) is 9.41. The van der Waals surface area contributed by atoms with Crippen LogP contribution < -0.4 is 14.2 Å². The normalized spacial score (nSPS) is 10.7. The van der Waals surface area contributed by atoms with Gasteiger partial charge in [-0.25, -0.2) is 9.59 Å². The minimum Gasteiger partial charge on any atom is -0.493 e. The molecule has 3 aromatic rings. The summed E-state index contributed by atoms with van der Waals surface area (Å²) in [5, 5.41) is 2.11. The number of methoxy groups -OCH3 is 2. The fourth-order valence-corrected chi connectivity index (χ4v) is 2.66. The number of esters is 2. The predicted octanol–water partition coefficient (Wildman–Crippen LogP) is 4.02. The van der Waals surface area contributed by atoms with Crippen LogP contribution in [0.3, 0.4) is 0 Å². The van der Waals surface area contributed by atoms with Gasteiger partial charge in [0.15, 0.2) is 18.1 Å². The Kier molecular flexibility index (Phi) is 6.47. The Bertz CT molecular complexity index is 1050. The second-order valence-corrected chi connectivity index (χ2v) is 6.04. The van der Waals surface area contributed by atoms with Crippen molar-refractivity contribution in [3.63, 3.8) is 0 Å². The highest BCUT2D eigenvalue weighted by Crippen LogP contribution is 2.29. The number of carbonyl (C=O) groups excluding carboxylic acids is 2. The minimum atomic E-state index is -0.561. The monoisotopic (exact) mass is 392 g/mol. The van der Waals surface area contributed by atoms with Gasteiger partial charge in [-0.1, -0.05) is 36.4 Å². The SMILES string of the molecule is COC(=O)/C=C/c1ccc(OC(=O)COc2ccc3ccccc3c2)c(OC)c1. The Labute approximate surface area is 168 Å². The maximum atomic E-state index is 12.2. The lowest BCUT2D eigenvalue weighted by Crippen LogP contribution is -2.18. The lowest BCUT2D eigenvalue weighted by atomic mass is 10.1. The van der Waals surface area contributed by atoms with Crippen LogP contribution in [0.4, 0.5) is 0 Å². The molecule has 0 aromatic heterocycles. The zero-order valence-electron chi connectivity index (χ0n) is 16.1. The topological polar surface area (TPSA) is 71.1 Å². The number of benzene rings is 3. The third-order valence-electron chi connectivity index (χ3n) is 4.10. The molecule has 0 saturated carbocycles. The van der Waals surface area contributed by atoms with Gasteiger partial charge in [-0.3, -0.25) is 0 Å². The van der Waals surface area contributed by atoms with Crippen LogP contribution in [0.2, 0.25) is 0 Å². The van der Waals surface area contributed by atoms with Gasteiger partial charge in [0, 0.05) is 6.08 Å². The van der Waals surface area contributed by atoms with E-state index in [0.29, 0.717) is 17.1 Å². The van der Waals surface area contributed by atoms with Crippen molar-refractivity contribution < 1.29 is 28.5 Å². The Morgan fingerprint density at radius 1 is 0.897 bits per heavy atom. The first kappa shape index (κ1) is 19.9. The van der Waals surface area contributed by atoms with Gasteiger partial charge in [0.05, 0.1) is 14.2 Å². The van der Waals surface area contributed by atoms with E-state index in [9.17, 15) is 9.59 Å². The van der Waals surface area contributed by atoms with Crippen LogP contribution in [-0.4, -0.2) is 32.8 Å². The van der Waals surface area contributed by atoms with Crippen molar-refractivity contribution in [2.24, 2.45) is 0 Å². The molecule has 0 saturated heterocycles. The van der Waals surface area contributed by atoms with Gasteiger partial charge < -0.3 is 18.9 Å². The van der Waals surface area contributed by atoms with Crippen LogP contribution in [0.1, 0.15) is 5.56 Å². The van der Waals surface area contributed by atoms with Gasteiger partial charge >= 0.3 is 11.9 Å². The highest BCUT2D eigenvalue weighted by molar-refractivity contribution is 5.87. The van der Waals surface area contributed by atoms with Crippen molar-refractivity contribution >= 4 is 28.8 Å². The van der Waals surface area contributed by atoms with Crippen molar-refractivity contribution in [2.45, 2.75) is 0 Å². The summed E-state index contributed by atoms with van der Waals surface area (Å²) in [5.41, 5.74) is 0.694. The summed E-state index contributed by atoms with van der Waals surface area (Å²) < 4.78 is 20.7. The maximum Gasteiger partial charge on any atom is 0.349 e. The third kappa shape index (κ3) is 5.35. The Morgan fingerprint density at radius 2 is 1.69 bits per heavy atom. The van der Waals surface area contributed by atoms with E-state index in [1.165, 1.54) is 20.3 Å². The van der Waals surface area contributed by atoms with Gasteiger partial charge in [0.1, 0.15) is 5.75 Å². The number of rotatable bonds is 7. The van der Waals surface area contributed by atoms with Crippen molar-refractivity contribution in [3.05, 3.63) is 72.3 Å². The van der Waals surface area contributed by atoms with Gasteiger partial charge in [-0.15, -0.1) is 0 Å². The Balaban J connectivity index is 1.63. The molecule has 0 fully saturated rings. The van der Waals surface area contributed by atoms with E-state index in [1.807, 2.05) is 36.4 Å². The van der Waals surface area contributed by atoms with Crippen LogP contribution >= 0.6 is 0 Å². The first-order valence-electron chi connectivity index (χ1n) is 8.85. The summed E-state index contributed by atoms with van der Waals surface area (Å²) in [5.74, 6) is 0.168. The molecule has 29 heavy (non-hydrogen) atoms. The summed E-state index contributed by atoms with van der Waals surface area (Å²) in [6, 6.07) is 18.4. The standard InChI is InChI=1S/C23H20O6/c1-26-21-13-16(8-12-22(24)27-2)7-11-20(21)29-23(25)15-28-19-10-9-17-5-3-4-6-18(17)14-19/h3-14H,15H2,1-2H3/b12-8+. The highest BCUT2D eigenvalue weighted by atomic mass is 16.6. The third-order valence-corrected chi connectivity index (χ3v) is 4.10. The molecule has 0 heterocycles. The first-order chi connectivity index (χ1) is 14.1. The van der Waals surface area contributed by atoms with Crippen LogP contribution in [0.5, 0.6) is 17.2 Å². The lowest BCUT2D eigenvalue weighted by molar-refractivity contribution is -0.137. The quantitative estimate of drug-likeness (QED) is 0.344. The highest BCUT2D eigenvalue weighted by Gasteiger charge is 2.12.